The Kier molecular flexibility index (Phi) is 12.9. The number of hydrogen-bond donors (Lipinski definition) is 1. The molecule has 0 atom stereocenters. The van der Waals surface area contributed by atoms with Crippen molar-refractivity contribution >= 4 is 22.9 Å². The summed E-state index contributed by atoms with van der Waals surface area (Å²) in [7, 11) is 0. The number of hydrogen-bond acceptors (Lipinski definition) is 4. The van der Waals surface area contributed by atoms with Crippen LogP contribution in [0, 0.1) is 0 Å². The lowest BCUT2D eigenvalue weighted by molar-refractivity contribution is 0.0954. The number of rotatable bonds is 19. The zero-order valence-corrected chi connectivity index (χ0v) is 22.5. The lowest BCUT2D eigenvalue weighted by Gasteiger charge is -2.05. The summed E-state index contributed by atoms with van der Waals surface area (Å²) in [6.07, 6.45) is 25.0. The minimum Gasteiger partial charge on any atom is -0.352 e. The van der Waals surface area contributed by atoms with Crippen LogP contribution in [0.3, 0.4) is 0 Å². The zero-order valence-electron chi connectivity index (χ0n) is 21.6. The van der Waals surface area contributed by atoms with Gasteiger partial charge < -0.3 is 5.32 Å². The Balaban J connectivity index is 1.19. The molecule has 0 fully saturated rings. The van der Waals surface area contributed by atoms with Crippen molar-refractivity contribution in [3.63, 3.8) is 0 Å². The zero-order chi connectivity index (χ0) is 24.6. The van der Waals surface area contributed by atoms with Crippen molar-refractivity contribution in [2.75, 3.05) is 6.54 Å². The number of carbonyl (C=O) groups excluding carboxylic acids is 1. The number of aromatic nitrogens is 3. The molecule has 0 aliphatic heterocycles. The van der Waals surface area contributed by atoms with Crippen LogP contribution in [0.4, 0.5) is 0 Å². The summed E-state index contributed by atoms with van der Waals surface area (Å²) in [5.41, 5.74) is 2.11. The van der Waals surface area contributed by atoms with Gasteiger partial charge in [-0.2, -0.15) is 5.10 Å². The highest BCUT2D eigenvalue weighted by atomic mass is 32.1. The first-order chi connectivity index (χ1) is 17.3. The summed E-state index contributed by atoms with van der Waals surface area (Å²) in [5.74, 6) is -0.0863. The van der Waals surface area contributed by atoms with E-state index in [4.69, 9.17) is 0 Å². The van der Waals surface area contributed by atoms with Crippen molar-refractivity contribution in [1.82, 2.24) is 19.9 Å². The van der Waals surface area contributed by atoms with Gasteiger partial charge in [0.05, 0.1) is 16.8 Å². The van der Waals surface area contributed by atoms with Crippen LogP contribution in [-0.4, -0.2) is 27.0 Å². The van der Waals surface area contributed by atoms with E-state index in [1.54, 1.807) is 28.2 Å². The molecule has 0 saturated heterocycles. The molecule has 3 rings (SSSR count). The fraction of sp³-hybridized carbons (Fsp3) is 0.621. The SMILES string of the molecule is CCCCCCCCCCCCCCCCCCNC(=O)c1cnn2c(-c3cccs3)ccnc12. The van der Waals surface area contributed by atoms with Crippen LogP contribution < -0.4 is 5.32 Å². The van der Waals surface area contributed by atoms with Gasteiger partial charge in [0.15, 0.2) is 5.65 Å². The van der Waals surface area contributed by atoms with Crippen molar-refractivity contribution in [3.05, 3.63) is 41.5 Å². The fourth-order valence-corrected chi connectivity index (χ4v) is 5.37. The Hall–Kier alpha value is -2.21. The highest BCUT2D eigenvalue weighted by Crippen LogP contribution is 2.25. The summed E-state index contributed by atoms with van der Waals surface area (Å²) in [6, 6.07) is 6.00. The van der Waals surface area contributed by atoms with E-state index in [9.17, 15) is 4.79 Å². The van der Waals surface area contributed by atoms with Gasteiger partial charge in [-0.25, -0.2) is 9.50 Å². The average Bonchev–Trinajstić information content (AvgIpc) is 3.56. The van der Waals surface area contributed by atoms with E-state index in [0.29, 0.717) is 17.8 Å². The molecule has 192 valence electrons. The first-order valence-electron chi connectivity index (χ1n) is 14.0. The molecule has 6 heteroatoms. The molecular formula is C29H44N4OS. The highest BCUT2D eigenvalue weighted by Gasteiger charge is 2.16. The molecule has 1 amide bonds. The van der Waals surface area contributed by atoms with Crippen molar-refractivity contribution in [3.8, 4) is 10.6 Å². The van der Waals surface area contributed by atoms with Crippen LogP contribution in [0.1, 0.15) is 120 Å². The summed E-state index contributed by atoms with van der Waals surface area (Å²) in [4.78, 5) is 18.2. The van der Waals surface area contributed by atoms with Crippen molar-refractivity contribution < 1.29 is 4.79 Å². The van der Waals surface area contributed by atoms with E-state index in [2.05, 4.69) is 28.4 Å². The van der Waals surface area contributed by atoms with E-state index >= 15 is 0 Å². The molecule has 0 bridgehead atoms. The maximum atomic E-state index is 12.7. The summed E-state index contributed by atoms with van der Waals surface area (Å²) in [6.45, 7) is 2.99. The number of unbranched alkanes of at least 4 members (excludes halogenated alkanes) is 15. The molecule has 1 N–H and O–H groups in total. The number of fused-ring (bicyclic) bond motifs is 1. The van der Waals surface area contributed by atoms with Crippen LogP contribution in [0.25, 0.3) is 16.2 Å². The molecule has 0 unspecified atom stereocenters. The normalized spacial score (nSPS) is 11.3. The van der Waals surface area contributed by atoms with Gasteiger partial charge in [0, 0.05) is 12.7 Å². The Labute approximate surface area is 215 Å². The maximum Gasteiger partial charge on any atom is 0.256 e. The molecular weight excluding hydrogens is 452 g/mol. The lowest BCUT2D eigenvalue weighted by atomic mass is 10.0. The molecule has 35 heavy (non-hydrogen) atoms. The standard InChI is InChI=1S/C29H44N4OS/c1-2-3-4-5-6-7-8-9-10-11-12-13-14-15-16-17-21-31-29(34)25-24-32-33-26(20-22-30-28(25)33)27-19-18-23-35-27/h18-20,22-24H,2-17,21H2,1H3,(H,31,34). The minimum atomic E-state index is -0.0863. The van der Waals surface area contributed by atoms with Gasteiger partial charge in [0.1, 0.15) is 5.56 Å². The third-order valence-corrected chi connectivity index (χ3v) is 7.63. The van der Waals surface area contributed by atoms with Crippen LogP contribution in [0.5, 0.6) is 0 Å². The molecule has 0 aromatic carbocycles. The molecule has 0 saturated carbocycles. The second-order valence-corrected chi connectivity index (χ2v) is 10.6. The number of thiophene rings is 1. The topological polar surface area (TPSA) is 59.3 Å². The van der Waals surface area contributed by atoms with Gasteiger partial charge in [-0.15, -0.1) is 11.3 Å². The second-order valence-electron chi connectivity index (χ2n) is 9.66. The summed E-state index contributed by atoms with van der Waals surface area (Å²) >= 11 is 1.65. The van der Waals surface area contributed by atoms with Gasteiger partial charge in [0.25, 0.3) is 5.91 Å². The number of amides is 1. The minimum absolute atomic E-state index is 0.0863. The number of nitrogens with zero attached hydrogens (tertiary/aromatic N) is 3. The first-order valence-corrected chi connectivity index (χ1v) is 14.8. The molecule has 0 aliphatic rings. The van der Waals surface area contributed by atoms with E-state index in [1.807, 2.05) is 17.5 Å². The molecule has 0 radical (unpaired) electrons. The first kappa shape index (κ1) is 27.4. The highest BCUT2D eigenvalue weighted by molar-refractivity contribution is 7.13. The van der Waals surface area contributed by atoms with E-state index < -0.39 is 0 Å². The lowest BCUT2D eigenvalue weighted by Crippen LogP contribution is -2.24. The summed E-state index contributed by atoms with van der Waals surface area (Å²) in [5, 5.41) is 9.51. The Morgan fingerprint density at radius 1 is 0.857 bits per heavy atom. The van der Waals surface area contributed by atoms with Crippen molar-refractivity contribution in [2.24, 2.45) is 0 Å². The predicted molar refractivity (Wildman–Crippen MR) is 148 cm³/mol. The average molecular weight is 497 g/mol. The Morgan fingerprint density at radius 2 is 1.46 bits per heavy atom. The molecule has 3 aromatic heterocycles. The molecule has 5 nitrogen and oxygen atoms in total. The van der Waals surface area contributed by atoms with Gasteiger partial charge >= 0.3 is 0 Å². The third kappa shape index (κ3) is 9.40. The van der Waals surface area contributed by atoms with Crippen LogP contribution in [-0.2, 0) is 0 Å². The van der Waals surface area contributed by atoms with E-state index in [-0.39, 0.29) is 5.91 Å². The van der Waals surface area contributed by atoms with Gasteiger partial charge in [-0.05, 0) is 23.9 Å². The largest absolute Gasteiger partial charge is 0.352 e. The molecule has 0 aliphatic carbocycles. The third-order valence-electron chi connectivity index (χ3n) is 6.74. The smallest absolute Gasteiger partial charge is 0.256 e. The second kappa shape index (κ2) is 16.5. The summed E-state index contributed by atoms with van der Waals surface area (Å²) < 4.78 is 1.76. The van der Waals surface area contributed by atoms with E-state index in [0.717, 1.165) is 17.0 Å². The number of carbonyl (C=O) groups is 1. The van der Waals surface area contributed by atoms with Gasteiger partial charge in [-0.1, -0.05) is 109 Å². The van der Waals surface area contributed by atoms with Crippen LogP contribution in [0.15, 0.2) is 36.0 Å². The Bertz CT molecular complexity index is 966. The van der Waals surface area contributed by atoms with Gasteiger partial charge in [-0.3, -0.25) is 4.79 Å². The Morgan fingerprint density at radius 3 is 2.03 bits per heavy atom. The van der Waals surface area contributed by atoms with Gasteiger partial charge in [0.2, 0.25) is 0 Å². The molecule has 0 spiro atoms. The predicted octanol–water partition coefficient (Wildman–Crippen LogP) is 8.45. The monoisotopic (exact) mass is 496 g/mol. The molecule has 3 aromatic rings. The molecule has 3 heterocycles. The fourth-order valence-electron chi connectivity index (χ4n) is 4.63. The van der Waals surface area contributed by atoms with Crippen LogP contribution in [0.2, 0.25) is 0 Å². The van der Waals surface area contributed by atoms with Crippen molar-refractivity contribution in [2.45, 2.75) is 110 Å². The van der Waals surface area contributed by atoms with E-state index in [1.165, 1.54) is 96.3 Å². The quantitative estimate of drug-likeness (QED) is 0.169. The van der Waals surface area contributed by atoms with Crippen LogP contribution >= 0.6 is 11.3 Å². The maximum absolute atomic E-state index is 12.7. The van der Waals surface area contributed by atoms with Crippen molar-refractivity contribution in [1.29, 1.82) is 0 Å². The number of nitrogens with one attached hydrogen (secondary N) is 1.